The Bertz CT molecular complexity index is 1760. The fourth-order valence-electron chi connectivity index (χ4n) is 10.7. The zero-order chi connectivity index (χ0) is 63.5. The Morgan fingerprint density at radius 2 is 0.736 bits per heavy atom. The number of ether oxygens (including phenoxy) is 1. The summed E-state index contributed by atoms with van der Waals surface area (Å²) in [7, 11) is 1.49. The zero-order valence-corrected chi connectivity index (χ0v) is 58.9. The molecule has 3 atom stereocenters. The van der Waals surface area contributed by atoms with Crippen LogP contribution in [0, 0.1) is 0 Å². The largest absolute Gasteiger partial charge is 0.472 e. The van der Waals surface area contributed by atoms with Crippen molar-refractivity contribution in [2.75, 3.05) is 40.9 Å². The molecule has 0 aromatic rings. The van der Waals surface area contributed by atoms with Gasteiger partial charge >= 0.3 is 13.8 Å². The van der Waals surface area contributed by atoms with Crippen LogP contribution in [-0.2, 0) is 27.9 Å². The summed E-state index contributed by atoms with van der Waals surface area (Å²) in [5.74, 6) is -0.512. The molecule has 0 aliphatic carbocycles. The van der Waals surface area contributed by atoms with Gasteiger partial charge in [-0.25, -0.2) is 4.57 Å². The average molecular weight is 1240 g/mol. The number of nitrogens with zero attached hydrogens (tertiary/aromatic N) is 1. The van der Waals surface area contributed by atoms with Gasteiger partial charge in [-0.2, -0.15) is 0 Å². The van der Waals surface area contributed by atoms with Crippen LogP contribution in [0.4, 0.5) is 0 Å². The number of phosphoric ester groups is 1. The third-order valence-electron chi connectivity index (χ3n) is 16.3. The Labute approximate surface area is 539 Å². The lowest BCUT2D eigenvalue weighted by atomic mass is 10.0. The predicted octanol–water partition coefficient (Wildman–Crippen LogP) is 23.7. The van der Waals surface area contributed by atoms with Gasteiger partial charge in [0.2, 0.25) is 5.91 Å². The van der Waals surface area contributed by atoms with E-state index in [2.05, 4.69) is 99.0 Å². The molecule has 0 aliphatic rings. The minimum absolute atomic E-state index is 0.0352. The summed E-state index contributed by atoms with van der Waals surface area (Å²) >= 11 is 0. The number of carbonyl (C=O) groups excluding carboxylic acids is 2. The van der Waals surface area contributed by atoms with Crippen LogP contribution in [0.1, 0.15) is 342 Å². The summed E-state index contributed by atoms with van der Waals surface area (Å²) in [6.45, 7) is 6.92. The van der Waals surface area contributed by atoms with E-state index in [0.717, 1.165) is 122 Å². The van der Waals surface area contributed by atoms with E-state index in [1.165, 1.54) is 186 Å². The van der Waals surface area contributed by atoms with Gasteiger partial charge in [0.15, 0.2) is 0 Å². The lowest BCUT2D eigenvalue weighted by Crippen LogP contribution is -2.47. The van der Waals surface area contributed by atoms with Gasteiger partial charge in [0.1, 0.15) is 19.3 Å². The maximum atomic E-state index is 13.6. The number of rotatable bonds is 67. The second-order valence-electron chi connectivity index (χ2n) is 26.1. The second kappa shape index (κ2) is 66.1. The summed E-state index contributed by atoms with van der Waals surface area (Å²) in [4.78, 5) is 37.9. The van der Waals surface area contributed by atoms with E-state index in [1.807, 2.05) is 33.3 Å². The molecule has 506 valence electrons. The third kappa shape index (κ3) is 67.4. The first-order valence-electron chi connectivity index (χ1n) is 36.9. The van der Waals surface area contributed by atoms with E-state index < -0.39 is 20.0 Å². The fourth-order valence-corrected chi connectivity index (χ4v) is 11.4. The van der Waals surface area contributed by atoms with Crippen LogP contribution >= 0.6 is 7.82 Å². The van der Waals surface area contributed by atoms with Crippen molar-refractivity contribution in [1.29, 1.82) is 0 Å². The summed E-state index contributed by atoms with van der Waals surface area (Å²) in [6, 6.07) is -0.860. The number of unbranched alkanes of at least 4 members (excludes halogenated alkanes) is 39. The van der Waals surface area contributed by atoms with Crippen LogP contribution in [0.3, 0.4) is 0 Å². The summed E-state index contributed by atoms with van der Waals surface area (Å²) in [5.41, 5.74) is 0. The van der Waals surface area contributed by atoms with E-state index in [-0.39, 0.29) is 31.5 Å². The first-order chi connectivity index (χ1) is 42.4. The quantitative estimate of drug-likeness (QED) is 0.0205. The molecule has 0 aromatic carbocycles. The van der Waals surface area contributed by atoms with Gasteiger partial charge in [0.05, 0.1) is 33.8 Å². The van der Waals surface area contributed by atoms with Gasteiger partial charge in [-0.1, -0.05) is 331 Å². The number of esters is 1. The first-order valence-corrected chi connectivity index (χ1v) is 38.4. The van der Waals surface area contributed by atoms with Gasteiger partial charge in [-0.05, 0) is 83.1 Å². The van der Waals surface area contributed by atoms with Crippen molar-refractivity contribution in [2.45, 2.75) is 354 Å². The number of nitrogens with one attached hydrogen (secondary N) is 1. The van der Waals surface area contributed by atoms with E-state index in [4.69, 9.17) is 13.8 Å². The topological polar surface area (TPSA) is 111 Å². The lowest BCUT2D eigenvalue weighted by molar-refractivity contribution is -0.870. The molecular weight excluding hydrogens is 1100 g/mol. The molecule has 0 saturated carbocycles. The number of hydrogen-bond acceptors (Lipinski definition) is 6. The van der Waals surface area contributed by atoms with Crippen molar-refractivity contribution in [3.05, 3.63) is 85.1 Å². The van der Waals surface area contributed by atoms with E-state index in [0.29, 0.717) is 17.4 Å². The van der Waals surface area contributed by atoms with Gasteiger partial charge in [-0.3, -0.25) is 18.6 Å². The molecule has 0 radical (unpaired) electrons. The minimum Gasteiger partial charge on any atom is -0.456 e. The normalized spacial score (nSPS) is 14.0. The van der Waals surface area contributed by atoms with Crippen molar-refractivity contribution in [2.24, 2.45) is 0 Å². The second-order valence-corrected chi connectivity index (χ2v) is 27.5. The van der Waals surface area contributed by atoms with Crippen LogP contribution in [0.15, 0.2) is 85.1 Å². The molecule has 0 heterocycles. The molecule has 3 unspecified atom stereocenters. The molecule has 0 aromatic heterocycles. The van der Waals surface area contributed by atoms with Crippen molar-refractivity contribution in [3.8, 4) is 0 Å². The highest BCUT2D eigenvalue weighted by Crippen LogP contribution is 2.43. The maximum absolute atomic E-state index is 13.6. The van der Waals surface area contributed by atoms with Gasteiger partial charge < -0.3 is 19.4 Å². The molecule has 10 heteroatoms. The van der Waals surface area contributed by atoms with E-state index in [1.54, 1.807) is 0 Å². The molecule has 1 amide bonds. The number of quaternary nitrogens is 1. The highest BCUT2D eigenvalue weighted by molar-refractivity contribution is 7.47. The number of carbonyl (C=O) groups is 2. The van der Waals surface area contributed by atoms with Crippen molar-refractivity contribution < 1.29 is 37.3 Å². The highest BCUT2D eigenvalue weighted by Gasteiger charge is 2.30. The van der Waals surface area contributed by atoms with E-state index >= 15 is 0 Å². The van der Waals surface area contributed by atoms with Crippen LogP contribution < -0.4 is 5.32 Å². The summed E-state index contributed by atoms with van der Waals surface area (Å²) < 4.78 is 30.8. The standard InChI is InChI=1S/C77H141N2O7P/c1-7-10-13-16-19-22-25-27-29-31-33-35-37-39-41-43-45-47-49-51-54-57-60-63-66-69-76(80)78-74(73-85-87(82,83)84-72-71-79(4,5)6)75(68-65-62-59-56-53-24-21-18-15-12-9-3)86-77(81)70-67-64-61-58-55-52-50-48-46-44-42-40-38-36-34-32-30-28-26-23-20-17-14-11-8-2/h10,13,19,22,27,29,33,35,39,41,45,47,65,68,74-75H,7-9,11-12,14-18,20-21,23-26,28,30-32,34,36-38,40,42-44,46,48-64,66-67,69-73H2,1-6H3,(H-,78,80,82,83)/p+1/b13-10-,22-19-,29-27-,35-33-,41-39-,47-45-,68-65+. The van der Waals surface area contributed by atoms with Gasteiger partial charge in [0.25, 0.3) is 0 Å². The van der Waals surface area contributed by atoms with Crippen LogP contribution in [0.25, 0.3) is 0 Å². The molecule has 0 rings (SSSR count). The van der Waals surface area contributed by atoms with Gasteiger partial charge in [-0.15, -0.1) is 0 Å². The van der Waals surface area contributed by atoms with Crippen LogP contribution in [0.2, 0.25) is 0 Å². The van der Waals surface area contributed by atoms with Crippen molar-refractivity contribution in [1.82, 2.24) is 5.32 Å². The predicted molar refractivity (Wildman–Crippen MR) is 378 cm³/mol. The molecule has 0 saturated heterocycles. The smallest absolute Gasteiger partial charge is 0.456 e. The molecule has 9 nitrogen and oxygen atoms in total. The maximum Gasteiger partial charge on any atom is 0.472 e. The van der Waals surface area contributed by atoms with Crippen molar-refractivity contribution >= 4 is 19.7 Å². The van der Waals surface area contributed by atoms with E-state index in [9.17, 15) is 19.0 Å². The Morgan fingerprint density at radius 3 is 1.10 bits per heavy atom. The Balaban J connectivity index is 5.00. The monoisotopic (exact) mass is 1240 g/mol. The molecular formula is C77H142N2O7P+. The van der Waals surface area contributed by atoms with Crippen LogP contribution in [0.5, 0.6) is 0 Å². The molecule has 0 spiro atoms. The molecule has 0 fully saturated rings. The Kier molecular flexibility index (Phi) is 64.0. The summed E-state index contributed by atoms with van der Waals surface area (Å²) in [6.07, 6.45) is 89.0. The summed E-state index contributed by atoms with van der Waals surface area (Å²) in [5, 5.41) is 3.06. The minimum atomic E-state index is -4.46. The first kappa shape index (κ1) is 84.2. The van der Waals surface area contributed by atoms with Gasteiger partial charge in [0, 0.05) is 12.8 Å². The highest BCUT2D eigenvalue weighted by atomic mass is 31.2. The number of likely N-dealkylation sites (N-methyl/N-ethyl adjacent to an activating group) is 1. The number of hydrogen-bond donors (Lipinski definition) is 2. The molecule has 87 heavy (non-hydrogen) atoms. The number of phosphoric acid groups is 1. The van der Waals surface area contributed by atoms with Crippen LogP contribution in [-0.4, -0.2) is 74.3 Å². The SMILES string of the molecule is CC/C=C\C/C=C\C/C=C\C/C=C\C/C=C\C/C=C\CCCCCCCCC(=O)NC(COP(=O)(O)OCC[N+](C)(C)C)C(/C=C/CCCCCCCCCCC)OC(=O)CCCCCCCCCCCCCCCCCCCCCCCCCCC. The number of amides is 1. The third-order valence-corrected chi connectivity index (χ3v) is 17.3. The Hall–Kier alpha value is -2.81. The zero-order valence-electron chi connectivity index (χ0n) is 58.0. The fraction of sp³-hybridized carbons (Fsp3) is 0.792. The number of allylic oxidation sites excluding steroid dienone is 13. The molecule has 0 aliphatic heterocycles. The lowest BCUT2D eigenvalue weighted by Gasteiger charge is -2.27. The molecule has 2 N–H and O–H groups in total. The molecule has 0 bridgehead atoms. The van der Waals surface area contributed by atoms with Crippen molar-refractivity contribution in [3.63, 3.8) is 0 Å². The average Bonchev–Trinajstić information content (AvgIpc) is 3.70. The Morgan fingerprint density at radius 1 is 0.414 bits per heavy atom.